The van der Waals surface area contributed by atoms with Crippen molar-refractivity contribution in [2.45, 2.75) is 32.2 Å². The van der Waals surface area contributed by atoms with Gasteiger partial charge in [-0.15, -0.1) is 0 Å². The molecule has 0 aromatic carbocycles. The quantitative estimate of drug-likeness (QED) is 0.761. The van der Waals surface area contributed by atoms with Gasteiger partial charge in [-0.25, -0.2) is 14.6 Å². The number of rotatable bonds is 4. The summed E-state index contributed by atoms with van der Waals surface area (Å²) in [6, 6.07) is -1.04. The number of carbonyl (C=O) groups is 2. The van der Waals surface area contributed by atoms with Crippen molar-refractivity contribution < 1.29 is 14.7 Å². The highest BCUT2D eigenvalue weighted by molar-refractivity contribution is 5.83. The van der Waals surface area contributed by atoms with Crippen LogP contribution in [0.3, 0.4) is 0 Å². The maximum atomic E-state index is 12.1. The smallest absolute Gasteiger partial charge is 0.326 e. The Bertz CT molecular complexity index is 460. The summed E-state index contributed by atoms with van der Waals surface area (Å²) in [4.78, 5) is 31.9. The van der Waals surface area contributed by atoms with Gasteiger partial charge in [0.1, 0.15) is 11.9 Å². The number of carboxylic acid groups (broad SMARTS) is 1. The molecule has 0 radical (unpaired) electrons. The minimum Gasteiger partial charge on any atom is -0.480 e. The summed E-state index contributed by atoms with van der Waals surface area (Å²) in [5.41, 5.74) is 0. The molecule has 20 heavy (non-hydrogen) atoms. The van der Waals surface area contributed by atoms with Crippen LogP contribution in [0.15, 0.2) is 12.4 Å². The van der Waals surface area contributed by atoms with E-state index in [1.165, 1.54) is 4.90 Å². The van der Waals surface area contributed by atoms with Crippen molar-refractivity contribution in [3.63, 3.8) is 0 Å². The lowest BCUT2D eigenvalue weighted by Crippen LogP contribution is -2.55. The predicted molar refractivity (Wildman–Crippen MR) is 72.2 cm³/mol. The summed E-state index contributed by atoms with van der Waals surface area (Å²) >= 11 is 0. The number of aliphatic carboxylic acids is 1. The van der Waals surface area contributed by atoms with Crippen LogP contribution in [0.25, 0.3) is 0 Å². The molecule has 1 aliphatic heterocycles. The van der Waals surface area contributed by atoms with Gasteiger partial charge in [-0.1, -0.05) is 6.92 Å². The average Bonchev–Trinajstić information content (AvgIpc) is 2.91. The molecule has 7 heteroatoms. The highest BCUT2D eigenvalue weighted by Gasteiger charge is 2.36. The first-order valence-electron chi connectivity index (χ1n) is 6.85. The van der Waals surface area contributed by atoms with E-state index in [9.17, 15) is 14.7 Å². The maximum Gasteiger partial charge on any atom is 0.326 e. The first-order valence-corrected chi connectivity index (χ1v) is 6.85. The van der Waals surface area contributed by atoms with Gasteiger partial charge in [0.15, 0.2) is 0 Å². The van der Waals surface area contributed by atoms with E-state index in [0.29, 0.717) is 19.5 Å². The number of H-pyrrole nitrogens is 1. The molecule has 1 aliphatic rings. The number of likely N-dealkylation sites (tertiary alicyclic amines) is 1. The van der Waals surface area contributed by atoms with Gasteiger partial charge in [0, 0.05) is 31.9 Å². The number of aromatic amines is 1. The summed E-state index contributed by atoms with van der Waals surface area (Å²) in [6.07, 6.45) is 5.66. The molecule has 0 spiro atoms. The van der Waals surface area contributed by atoms with Gasteiger partial charge in [-0.2, -0.15) is 0 Å². The van der Waals surface area contributed by atoms with Crippen LogP contribution in [-0.2, 0) is 11.2 Å². The van der Waals surface area contributed by atoms with Crippen LogP contribution < -0.4 is 5.32 Å². The Balaban J connectivity index is 1.88. The van der Waals surface area contributed by atoms with Crippen LogP contribution in [0.1, 0.15) is 25.6 Å². The summed E-state index contributed by atoms with van der Waals surface area (Å²) in [5, 5.41) is 12.0. The predicted octanol–water partition coefficient (Wildman–Crippen LogP) is 0.847. The Morgan fingerprint density at radius 2 is 2.40 bits per heavy atom. The van der Waals surface area contributed by atoms with Crippen molar-refractivity contribution in [2.75, 3.05) is 13.1 Å². The second-order valence-electron chi connectivity index (χ2n) is 5.11. The van der Waals surface area contributed by atoms with E-state index in [1.54, 1.807) is 12.4 Å². The molecule has 110 valence electrons. The second kappa shape index (κ2) is 6.40. The molecular weight excluding hydrogens is 260 g/mol. The van der Waals surface area contributed by atoms with Gasteiger partial charge < -0.3 is 20.3 Å². The number of urea groups is 1. The standard InChI is InChI=1S/C13H20N4O3/c1-9-3-2-8-17(11(9)12(18)19)13(20)16-5-4-10-14-6-7-15-10/h6-7,9,11H,2-5,8H2,1H3,(H,14,15)(H,16,20)(H,18,19). The van der Waals surface area contributed by atoms with E-state index in [-0.39, 0.29) is 11.9 Å². The van der Waals surface area contributed by atoms with Gasteiger partial charge in [0.25, 0.3) is 0 Å². The first-order chi connectivity index (χ1) is 9.59. The number of carboxylic acids is 1. The highest BCUT2D eigenvalue weighted by atomic mass is 16.4. The second-order valence-corrected chi connectivity index (χ2v) is 5.11. The van der Waals surface area contributed by atoms with Crippen LogP contribution in [0.2, 0.25) is 0 Å². The van der Waals surface area contributed by atoms with Crippen molar-refractivity contribution in [3.8, 4) is 0 Å². The lowest BCUT2D eigenvalue weighted by Gasteiger charge is -2.37. The number of nitrogens with zero attached hydrogens (tertiary/aromatic N) is 2. The van der Waals surface area contributed by atoms with Crippen molar-refractivity contribution in [1.29, 1.82) is 0 Å². The molecule has 3 N–H and O–H groups in total. The van der Waals surface area contributed by atoms with Crippen LogP contribution in [-0.4, -0.2) is 51.1 Å². The number of carbonyl (C=O) groups excluding carboxylic acids is 1. The Kier molecular flexibility index (Phi) is 4.60. The zero-order chi connectivity index (χ0) is 14.5. The normalized spacial score (nSPS) is 22.6. The van der Waals surface area contributed by atoms with E-state index >= 15 is 0 Å². The monoisotopic (exact) mass is 280 g/mol. The molecule has 2 rings (SSSR count). The Morgan fingerprint density at radius 1 is 1.60 bits per heavy atom. The van der Waals surface area contributed by atoms with Crippen LogP contribution >= 0.6 is 0 Å². The fourth-order valence-electron chi connectivity index (χ4n) is 2.62. The third-order valence-electron chi connectivity index (χ3n) is 3.64. The molecule has 1 aromatic rings. The number of aromatic nitrogens is 2. The largest absolute Gasteiger partial charge is 0.480 e. The third kappa shape index (κ3) is 3.28. The van der Waals surface area contributed by atoms with E-state index in [0.717, 1.165) is 18.7 Å². The zero-order valence-electron chi connectivity index (χ0n) is 11.5. The SMILES string of the molecule is CC1CCCN(C(=O)NCCc2ncc[nH]2)C1C(=O)O. The molecule has 2 amide bonds. The molecule has 1 fully saturated rings. The summed E-state index contributed by atoms with van der Waals surface area (Å²) in [6.45, 7) is 2.80. The van der Waals surface area contributed by atoms with E-state index in [4.69, 9.17) is 0 Å². The van der Waals surface area contributed by atoms with Crippen LogP contribution in [0, 0.1) is 5.92 Å². The molecule has 2 heterocycles. The molecule has 0 bridgehead atoms. The minimum absolute atomic E-state index is 0.0166. The zero-order valence-corrected chi connectivity index (χ0v) is 11.5. The highest BCUT2D eigenvalue weighted by Crippen LogP contribution is 2.23. The van der Waals surface area contributed by atoms with Crippen LogP contribution in [0.5, 0.6) is 0 Å². The molecule has 1 aromatic heterocycles. The molecule has 2 atom stereocenters. The number of amides is 2. The fraction of sp³-hybridized carbons (Fsp3) is 0.615. The maximum absolute atomic E-state index is 12.1. The lowest BCUT2D eigenvalue weighted by molar-refractivity contribution is -0.145. The van der Waals surface area contributed by atoms with Gasteiger partial charge >= 0.3 is 12.0 Å². The van der Waals surface area contributed by atoms with Gasteiger partial charge in [0.05, 0.1) is 0 Å². The van der Waals surface area contributed by atoms with E-state index in [2.05, 4.69) is 15.3 Å². The number of nitrogens with one attached hydrogen (secondary N) is 2. The molecule has 2 unspecified atom stereocenters. The number of imidazole rings is 1. The van der Waals surface area contributed by atoms with E-state index < -0.39 is 12.0 Å². The first kappa shape index (κ1) is 14.4. The molecular formula is C13H20N4O3. The number of hydrogen-bond donors (Lipinski definition) is 3. The minimum atomic E-state index is -0.932. The molecule has 1 saturated heterocycles. The Hall–Kier alpha value is -2.05. The number of hydrogen-bond acceptors (Lipinski definition) is 3. The van der Waals surface area contributed by atoms with Crippen molar-refractivity contribution in [2.24, 2.45) is 5.92 Å². The summed E-state index contributed by atoms with van der Waals surface area (Å²) in [7, 11) is 0. The molecule has 0 aliphatic carbocycles. The summed E-state index contributed by atoms with van der Waals surface area (Å²) < 4.78 is 0. The van der Waals surface area contributed by atoms with Gasteiger partial charge in [0.2, 0.25) is 0 Å². The Labute approximate surface area is 117 Å². The topological polar surface area (TPSA) is 98.3 Å². The summed E-state index contributed by atoms with van der Waals surface area (Å²) in [5.74, 6) is -0.150. The molecule has 0 saturated carbocycles. The molecule has 7 nitrogen and oxygen atoms in total. The van der Waals surface area contributed by atoms with Crippen molar-refractivity contribution in [1.82, 2.24) is 20.2 Å². The van der Waals surface area contributed by atoms with E-state index in [1.807, 2.05) is 6.92 Å². The van der Waals surface area contributed by atoms with Crippen molar-refractivity contribution in [3.05, 3.63) is 18.2 Å². The van der Waals surface area contributed by atoms with Crippen LogP contribution in [0.4, 0.5) is 4.79 Å². The lowest BCUT2D eigenvalue weighted by atomic mass is 9.91. The van der Waals surface area contributed by atoms with Gasteiger partial charge in [-0.05, 0) is 18.8 Å². The average molecular weight is 280 g/mol. The number of piperidine rings is 1. The van der Waals surface area contributed by atoms with Crippen molar-refractivity contribution >= 4 is 12.0 Å². The third-order valence-corrected chi connectivity index (χ3v) is 3.64. The fourth-order valence-corrected chi connectivity index (χ4v) is 2.62. The van der Waals surface area contributed by atoms with Gasteiger partial charge in [-0.3, -0.25) is 0 Å². The Morgan fingerprint density at radius 3 is 3.05 bits per heavy atom.